The Balaban J connectivity index is 1.97. The Morgan fingerprint density at radius 3 is 2.77 bits per heavy atom. The third kappa shape index (κ3) is 5.99. The summed E-state index contributed by atoms with van der Waals surface area (Å²) in [4.78, 5) is 23.2. The molecule has 0 aliphatic carbocycles. The van der Waals surface area contributed by atoms with Gasteiger partial charge in [0.1, 0.15) is 18.3 Å². The molecule has 190 valence electrons. The third-order valence-corrected chi connectivity index (χ3v) is 7.47. The van der Waals surface area contributed by atoms with Crippen molar-refractivity contribution in [2.45, 2.75) is 31.0 Å². The number of ether oxygens (including phenoxy) is 2. The van der Waals surface area contributed by atoms with E-state index in [0.717, 1.165) is 0 Å². The summed E-state index contributed by atoms with van der Waals surface area (Å²) in [6.07, 6.45) is 3.71. The van der Waals surface area contributed by atoms with Gasteiger partial charge >= 0.3 is 0 Å². The normalized spacial score (nSPS) is 19.3. The van der Waals surface area contributed by atoms with Gasteiger partial charge in [-0.3, -0.25) is 4.79 Å². The maximum absolute atomic E-state index is 13.4. The molecule has 0 unspecified atom stereocenters. The van der Waals surface area contributed by atoms with E-state index in [1.54, 1.807) is 29.5 Å². The van der Waals surface area contributed by atoms with Gasteiger partial charge in [-0.25, -0.2) is 18.4 Å². The molecule has 2 aromatic rings. The van der Waals surface area contributed by atoms with Crippen molar-refractivity contribution in [3.63, 3.8) is 0 Å². The third-order valence-electron chi connectivity index (χ3n) is 5.76. The number of aliphatic hydroxyl groups excluding tert-OH is 1. The molecule has 11 nitrogen and oxygen atoms in total. The maximum Gasteiger partial charge on any atom is 0.261 e. The van der Waals surface area contributed by atoms with E-state index in [1.165, 1.54) is 37.2 Å². The average Bonchev–Trinajstić information content (AvgIpc) is 3.28. The van der Waals surface area contributed by atoms with Crippen LogP contribution in [0.25, 0.3) is 0 Å². The highest BCUT2D eigenvalue weighted by molar-refractivity contribution is 7.89. The summed E-state index contributed by atoms with van der Waals surface area (Å²) in [7, 11) is 0.829. The van der Waals surface area contributed by atoms with Gasteiger partial charge in [0.05, 0.1) is 25.5 Å². The van der Waals surface area contributed by atoms with Crippen molar-refractivity contribution in [3.05, 3.63) is 35.9 Å². The van der Waals surface area contributed by atoms with Crippen molar-refractivity contribution in [2.24, 2.45) is 13.0 Å². The summed E-state index contributed by atoms with van der Waals surface area (Å²) in [6, 6.07) is 1.13. The Morgan fingerprint density at radius 2 is 2.14 bits per heavy atom. The SMILES string of the molecule is COCC#Cc1cnc2c(c1)C(=O)N([C@@H](C)CO)C[C@H](C)[C@H](CN(C)S(=O)(=O)c1cn(C)cn1)O2. The van der Waals surface area contributed by atoms with E-state index in [2.05, 4.69) is 21.8 Å². The smallest absolute Gasteiger partial charge is 0.261 e. The van der Waals surface area contributed by atoms with Gasteiger partial charge in [-0.15, -0.1) is 0 Å². The van der Waals surface area contributed by atoms with Gasteiger partial charge in [0.25, 0.3) is 15.9 Å². The summed E-state index contributed by atoms with van der Waals surface area (Å²) in [5.74, 6) is 5.19. The van der Waals surface area contributed by atoms with Crippen molar-refractivity contribution in [1.82, 2.24) is 23.7 Å². The molecule has 0 saturated carbocycles. The minimum atomic E-state index is -3.85. The van der Waals surface area contributed by atoms with Crippen LogP contribution in [-0.4, -0.2) is 95.8 Å². The fourth-order valence-electron chi connectivity index (χ4n) is 3.63. The van der Waals surface area contributed by atoms with Gasteiger partial charge < -0.3 is 24.0 Å². The Hall–Kier alpha value is -2.98. The number of hydrogen-bond acceptors (Lipinski definition) is 8. The highest BCUT2D eigenvalue weighted by atomic mass is 32.2. The second-order valence-electron chi connectivity index (χ2n) is 8.60. The molecule has 1 amide bonds. The van der Waals surface area contributed by atoms with Crippen LogP contribution in [0.4, 0.5) is 0 Å². The number of aryl methyl sites for hydroxylation is 1. The van der Waals surface area contributed by atoms with E-state index in [4.69, 9.17) is 9.47 Å². The quantitative estimate of drug-likeness (QED) is 0.534. The highest BCUT2D eigenvalue weighted by Crippen LogP contribution is 2.28. The first kappa shape index (κ1) is 26.6. The van der Waals surface area contributed by atoms with Crippen LogP contribution < -0.4 is 4.74 Å². The molecule has 3 heterocycles. The number of likely N-dealkylation sites (N-methyl/N-ethyl adjacent to an activating group) is 1. The zero-order valence-electron chi connectivity index (χ0n) is 20.5. The first-order valence-corrected chi connectivity index (χ1v) is 12.5. The number of sulfonamides is 1. The lowest BCUT2D eigenvalue weighted by Crippen LogP contribution is -2.50. The molecule has 1 aliphatic heterocycles. The molecular weight excluding hydrogens is 474 g/mol. The molecule has 35 heavy (non-hydrogen) atoms. The highest BCUT2D eigenvalue weighted by Gasteiger charge is 2.36. The van der Waals surface area contributed by atoms with Crippen LogP contribution in [0.5, 0.6) is 5.88 Å². The molecular formula is C23H31N5O6S. The zero-order chi connectivity index (χ0) is 25.8. The molecule has 1 N–H and O–H groups in total. The van der Waals surface area contributed by atoms with Gasteiger partial charge in [0.15, 0.2) is 5.03 Å². The van der Waals surface area contributed by atoms with Gasteiger partial charge in [-0.1, -0.05) is 18.8 Å². The molecule has 0 radical (unpaired) electrons. The number of fused-ring (bicyclic) bond motifs is 1. The molecule has 0 spiro atoms. The number of rotatable bonds is 7. The maximum atomic E-state index is 13.4. The van der Waals surface area contributed by atoms with Gasteiger partial charge in [0, 0.05) is 51.6 Å². The van der Waals surface area contributed by atoms with E-state index in [1.807, 2.05) is 6.92 Å². The fourth-order valence-corrected chi connectivity index (χ4v) is 4.77. The van der Waals surface area contributed by atoms with Crippen molar-refractivity contribution in [1.29, 1.82) is 0 Å². The number of methoxy groups -OCH3 is 1. The predicted molar refractivity (Wildman–Crippen MR) is 127 cm³/mol. The first-order valence-electron chi connectivity index (χ1n) is 11.1. The van der Waals surface area contributed by atoms with Crippen LogP contribution in [0, 0.1) is 17.8 Å². The lowest BCUT2D eigenvalue weighted by molar-refractivity contribution is 0.0373. The lowest BCUT2D eigenvalue weighted by atomic mass is 10.0. The Labute approximate surface area is 205 Å². The standard InChI is InChI=1S/C23H31N5O6S/c1-16-11-28(17(2)14-29)23(30)19-9-18(7-6-8-33-5)10-24-22(19)34-20(16)12-27(4)35(31,32)21-13-26(3)15-25-21/h9-10,13,15-17,20,29H,8,11-12,14H2,1-5H3/t16-,17-,20-/m0/s1. The van der Waals surface area contributed by atoms with Crippen LogP contribution in [0.3, 0.4) is 0 Å². The lowest BCUT2D eigenvalue weighted by Gasteiger charge is -2.37. The largest absolute Gasteiger partial charge is 0.472 e. The number of imidazole rings is 1. The van der Waals surface area contributed by atoms with Gasteiger partial charge in [0.2, 0.25) is 5.88 Å². The van der Waals surface area contributed by atoms with E-state index in [9.17, 15) is 18.3 Å². The van der Waals surface area contributed by atoms with Gasteiger partial charge in [-0.2, -0.15) is 4.31 Å². The number of amides is 1. The van der Waals surface area contributed by atoms with Crippen LogP contribution in [0.15, 0.2) is 29.8 Å². The van der Waals surface area contributed by atoms with Crippen LogP contribution in [0.1, 0.15) is 29.8 Å². The van der Waals surface area contributed by atoms with E-state index in [0.29, 0.717) is 5.56 Å². The van der Waals surface area contributed by atoms with Gasteiger partial charge in [-0.05, 0) is 13.0 Å². The number of carbonyl (C=O) groups is 1. The van der Waals surface area contributed by atoms with Crippen molar-refractivity contribution in [2.75, 3.05) is 40.5 Å². The van der Waals surface area contributed by atoms with E-state index >= 15 is 0 Å². The van der Waals surface area contributed by atoms with Crippen LogP contribution in [-0.2, 0) is 21.8 Å². The summed E-state index contributed by atoms with van der Waals surface area (Å²) >= 11 is 0. The van der Waals surface area contributed by atoms with Crippen LogP contribution in [0.2, 0.25) is 0 Å². The first-order chi connectivity index (χ1) is 16.6. The molecule has 0 bridgehead atoms. The minimum Gasteiger partial charge on any atom is -0.472 e. The summed E-state index contributed by atoms with van der Waals surface area (Å²) in [5, 5.41) is 9.71. The summed E-state index contributed by atoms with van der Waals surface area (Å²) in [6.45, 7) is 3.87. The molecule has 2 aromatic heterocycles. The second-order valence-corrected chi connectivity index (χ2v) is 10.6. The van der Waals surface area contributed by atoms with Crippen molar-refractivity contribution >= 4 is 15.9 Å². The molecule has 0 aromatic carbocycles. The zero-order valence-corrected chi connectivity index (χ0v) is 21.3. The predicted octanol–water partition coefficient (Wildman–Crippen LogP) is 0.354. The van der Waals surface area contributed by atoms with E-state index < -0.39 is 22.2 Å². The number of aliphatic hydroxyl groups is 1. The Kier molecular flexibility index (Phi) is 8.50. The van der Waals surface area contributed by atoms with Crippen molar-refractivity contribution in [3.8, 4) is 17.7 Å². The summed E-state index contributed by atoms with van der Waals surface area (Å²) < 4.78 is 39.9. The average molecular weight is 506 g/mol. The minimum absolute atomic E-state index is 0.00608. The molecule has 12 heteroatoms. The monoisotopic (exact) mass is 505 g/mol. The number of hydrogen-bond donors (Lipinski definition) is 1. The number of nitrogens with zero attached hydrogens (tertiary/aromatic N) is 5. The molecule has 3 atom stereocenters. The number of carbonyl (C=O) groups excluding carboxylic acids is 1. The van der Waals surface area contributed by atoms with E-state index in [-0.39, 0.29) is 54.6 Å². The topological polar surface area (TPSA) is 127 Å². The molecule has 3 rings (SSSR count). The second kappa shape index (κ2) is 11.2. The number of pyridine rings is 1. The number of aromatic nitrogens is 3. The molecule has 0 saturated heterocycles. The molecule has 0 fully saturated rings. The van der Waals surface area contributed by atoms with Crippen LogP contribution >= 0.6 is 0 Å². The molecule has 1 aliphatic rings. The Bertz CT molecular complexity index is 1220. The Morgan fingerprint density at radius 1 is 1.40 bits per heavy atom. The summed E-state index contributed by atoms with van der Waals surface area (Å²) in [5.41, 5.74) is 0.705. The van der Waals surface area contributed by atoms with Crippen molar-refractivity contribution < 1.29 is 27.8 Å². The fraction of sp³-hybridized carbons (Fsp3) is 0.522.